The molecule has 2 fully saturated rings. The fourth-order valence-electron chi connectivity index (χ4n) is 5.09. The van der Waals surface area contributed by atoms with E-state index in [0.29, 0.717) is 24.9 Å². The van der Waals surface area contributed by atoms with E-state index in [1.54, 1.807) is 18.2 Å². The van der Waals surface area contributed by atoms with E-state index in [0.717, 1.165) is 12.8 Å². The van der Waals surface area contributed by atoms with Crippen LogP contribution in [0.4, 0.5) is 8.78 Å². The number of benzene rings is 1. The quantitative estimate of drug-likeness (QED) is 0.231. The van der Waals surface area contributed by atoms with Crippen molar-refractivity contribution >= 4 is 29.4 Å². The predicted octanol–water partition coefficient (Wildman–Crippen LogP) is 2.95. The minimum atomic E-state index is -3.02. The van der Waals surface area contributed by atoms with Gasteiger partial charge in [-0.1, -0.05) is 45.9 Å². The van der Waals surface area contributed by atoms with Crippen LogP contribution in [0.15, 0.2) is 24.3 Å². The lowest BCUT2D eigenvalue weighted by Gasteiger charge is -2.29. The van der Waals surface area contributed by atoms with Crippen LogP contribution in [-0.4, -0.2) is 60.7 Å². The number of para-hydroxylation sites is 1. The highest BCUT2D eigenvalue weighted by Gasteiger charge is 2.37. The van der Waals surface area contributed by atoms with Crippen molar-refractivity contribution in [3.05, 3.63) is 29.8 Å². The zero-order valence-electron chi connectivity index (χ0n) is 24.6. The molecule has 0 bridgehead atoms. The number of halogens is 2. The summed E-state index contributed by atoms with van der Waals surface area (Å²) in [7, 11) is 0. The Labute approximate surface area is 245 Å². The van der Waals surface area contributed by atoms with E-state index in [1.165, 1.54) is 6.07 Å². The van der Waals surface area contributed by atoms with Gasteiger partial charge in [-0.05, 0) is 61.5 Å². The first kappa shape index (κ1) is 32.9. The molecule has 12 heteroatoms. The first-order valence-corrected chi connectivity index (χ1v) is 14.5. The minimum Gasteiger partial charge on any atom is -0.435 e. The Kier molecular flexibility index (Phi) is 11.4. The van der Waals surface area contributed by atoms with E-state index in [1.807, 2.05) is 27.7 Å². The molecule has 1 aromatic rings. The molecule has 10 nitrogen and oxygen atoms in total. The summed E-state index contributed by atoms with van der Waals surface area (Å²) in [5.74, 6) is -4.04. The fraction of sp³-hybridized carbons (Fsp3) is 0.633. The van der Waals surface area contributed by atoms with Crippen LogP contribution in [0.2, 0.25) is 0 Å². The van der Waals surface area contributed by atoms with Crippen LogP contribution in [0, 0.1) is 11.3 Å². The van der Waals surface area contributed by atoms with E-state index in [-0.39, 0.29) is 37.0 Å². The third-order valence-electron chi connectivity index (χ3n) is 7.42. The molecule has 4 N–H and O–H groups in total. The topological polar surface area (TPSA) is 143 Å². The lowest BCUT2D eigenvalue weighted by atomic mass is 9.87. The molecule has 1 unspecified atom stereocenters. The number of ketones is 1. The highest BCUT2D eigenvalue weighted by Crippen LogP contribution is 2.32. The van der Waals surface area contributed by atoms with E-state index in [9.17, 15) is 32.8 Å². The predicted molar refractivity (Wildman–Crippen MR) is 151 cm³/mol. The van der Waals surface area contributed by atoms with Crippen LogP contribution in [0.3, 0.4) is 0 Å². The van der Waals surface area contributed by atoms with Gasteiger partial charge in [0.25, 0.3) is 5.91 Å². The summed E-state index contributed by atoms with van der Waals surface area (Å²) >= 11 is 0. The molecule has 4 amide bonds. The van der Waals surface area contributed by atoms with E-state index < -0.39 is 59.5 Å². The molecule has 3 rings (SSSR count). The second-order valence-electron chi connectivity index (χ2n) is 12.3. The Morgan fingerprint density at radius 1 is 1.05 bits per heavy atom. The van der Waals surface area contributed by atoms with Crippen molar-refractivity contribution in [3.63, 3.8) is 0 Å². The molecule has 0 radical (unpaired) electrons. The number of carbonyl (C=O) groups excluding carboxylic acids is 5. The molecular weight excluding hydrogens is 550 g/mol. The third kappa shape index (κ3) is 10.1. The number of Topliss-reactive ketones (excluding diaryl/α,β-unsaturated/α-hetero) is 1. The SMILES string of the molecule is CC[C@H](CC(=O)N[C@@H](CC(C)(C)C)C(=O)NC(C[C@@H]1CCNC1=O)C(=O)C(=O)NC1CC1)c1ccccc1OC(F)F. The third-order valence-corrected chi connectivity index (χ3v) is 7.42. The fourth-order valence-corrected chi connectivity index (χ4v) is 5.09. The summed E-state index contributed by atoms with van der Waals surface area (Å²) in [5.41, 5.74) is 0.0418. The Hall–Kier alpha value is -3.57. The number of hydrogen-bond donors (Lipinski definition) is 4. The van der Waals surface area contributed by atoms with Gasteiger partial charge in [-0.2, -0.15) is 8.78 Å². The summed E-state index contributed by atoms with van der Waals surface area (Å²) in [5, 5.41) is 10.7. The van der Waals surface area contributed by atoms with E-state index in [4.69, 9.17) is 0 Å². The van der Waals surface area contributed by atoms with Gasteiger partial charge in [0, 0.05) is 24.9 Å². The number of hydrogen-bond acceptors (Lipinski definition) is 6. The molecule has 1 saturated carbocycles. The molecule has 1 saturated heterocycles. The van der Waals surface area contributed by atoms with E-state index in [2.05, 4.69) is 26.0 Å². The van der Waals surface area contributed by atoms with Crippen molar-refractivity contribution in [1.82, 2.24) is 21.3 Å². The Balaban J connectivity index is 1.76. The smallest absolute Gasteiger partial charge is 0.387 e. The van der Waals surface area contributed by atoms with Crippen molar-refractivity contribution in [2.75, 3.05) is 6.54 Å². The zero-order chi connectivity index (χ0) is 31.0. The van der Waals surface area contributed by atoms with Crippen LogP contribution < -0.4 is 26.0 Å². The number of carbonyl (C=O) groups is 5. The molecule has 1 aromatic carbocycles. The number of rotatable bonds is 15. The molecule has 0 aromatic heterocycles. The molecule has 1 aliphatic carbocycles. The lowest BCUT2D eigenvalue weighted by molar-refractivity contribution is -0.141. The van der Waals surface area contributed by atoms with Crippen LogP contribution in [0.5, 0.6) is 5.75 Å². The number of amides is 4. The maximum atomic E-state index is 13.6. The van der Waals surface area contributed by atoms with Crippen molar-refractivity contribution in [3.8, 4) is 5.75 Å². The summed E-state index contributed by atoms with van der Waals surface area (Å²) in [4.78, 5) is 64.7. The van der Waals surface area contributed by atoms with Gasteiger partial charge in [-0.3, -0.25) is 24.0 Å². The average molecular weight is 593 g/mol. The maximum Gasteiger partial charge on any atom is 0.387 e. The van der Waals surface area contributed by atoms with Gasteiger partial charge in [0.05, 0.1) is 6.04 Å². The van der Waals surface area contributed by atoms with E-state index >= 15 is 0 Å². The molecule has 42 heavy (non-hydrogen) atoms. The first-order valence-electron chi connectivity index (χ1n) is 14.5. The standard InChI is InChI=1S/C30H42F2N4O6/c1-5-17(20-8-6-7-9-23(20)42-29(31)32)15-24(37)35-22(16-30(2,3)4)27(40)36-21(14-18-12-13-33-26(18)39)25(38)28(41)34-19-10-11-19/h6-9,17-19,21-22,29H,5,10-16H2,1-4H3,(H,33,39)(H,34,41)(H,35,37)(H,36,40)/t17-,18+,21?,22+/m1/s1. The molecule has 0 spiro atoms. The summed E-state index contributed by atoms with van der Waals surface area (Å²) < 4.78 is 30.6. The number of nitrogens with one attached hydrogen (secondary N) is 4. The lowest BCUT2D eigenvalue weighted by Crippen LogP contribution is -2.55. The highest BCUT2D eigenvalue weighted by atomic mass is 19.3. The van der Waals surface area contributed by atoms with Gasteiger partial charge >= 0.3 is 6.61 Å². The van der Waals surface area contributed by atoms with Gasteiger partial charge in [0.2, 0.25) is 23.5 Å². The zero-order valence-corrected chi connectivity index (χ0v) is 24.6. The number of ether oxygens (including phenoxy) is 1. The largest absolute Gasteiger partial charge is 0.435 e. The van der Waals surface area contributed by atoms with Gasteiger partial charge in [0.1, 0.15) is 11.8 Å². The van der Waals surface area contributed by atoms with Crippen LogP contribution in [0.1, 0.15) is 84.1 Å². The molecule has 4 atom stereocenters. The minimum absolute atomic E-state index is 0.0158. The molecule has 1 aliphatic heterocycles. The highest BCUT2D eigenvalue weighted by molar-refractivity contribution is 6.38. The van der Waals surface area contributed by atoms with Crippen LogP contribution in [0.25, 0.3) is 0 Å². The van der Waals surface area contributed by atoms with Crippen LogP contribution in [-0.2, 0) is 24.0 Å². The summed E-state index contributed by atoms with van der Waals surface area (Å²) in [6, 6.07) is 3.91. The molecule has 2 aliphatic rings. The second kappa shape index (κ2) is 14.6. The van der Waals surface area contributed by atoms with Crippen molar-refractivity contribution < 1.29 is 37.5 Å². The Bertz CT molecular complexity index is 1150. The van der Waals surface area contributed by atoms with Crippen molar-refractivity contribution in [2.45, 2.75) is 103 Å². The second-order valence-corrected chi connectivity index (χ2v) is 12.3. The first-order chi connectivity index (χ1) is 19.8. The molecular formula is C30H42F2N4O6. The summed E-state index contributed by atoms with van der Waals surface area (Å²) in [6.07, 6.45) is 2.55. The number of alkyl halides is 2. The molecule has 232 valence electrons. The van der Waals surface area contributed by atoms with Gasteiger partial charge in [-0.15, -0.1) is 0 Å². The average Bonchev–Trinajstić information content (AvgIpc) is 3.63. The van der Waals surface area contributed by atoms with Crippen molar-refractivity contribution in [1.29, 1.82) is 0 Å². The Morgan fingerprint density at radius 2 is 1.74 bits per heavy atom. The van der Waals surface area contributed by atoms with Gasteiger partial charge < -0.3 is 26.0 Å². The summed E-state index contributed by atoms with van der Waals surface area (Å²) in [6.45, 7) is 4.91. The van der Waals surface area contributed by atoms with Gasteiger partial charge in [-0.25, -0.2) is 0 Å². The van der Waals surface area contributed by atoms with Crippen LogP contribution >= 0.6 is 0 Å². The van der Waals surface area contributed by atoms with Crippen molar-refractivity contribution in [2.24, 2.45) is 11.3 Å². The normalized spacial score (nSPS) is 18.9. The molecule has 1 heterocycles. The van der Waals surface area contributed by atoms with Gasteiger partial charge in [0.15, 0.2) is 0 Å². The Morgan fingerprint density at radius 3 is 2.31 bits per heavy atom. The monoisotopic (exact) mass is 592 g/mol. The maximum absolute atomic E-state index is 13.6.